The van der Waals surface area contributed by atoms with Gasteiger partial charge in [-0.05, 0) is 13.0 Å². The fourth-order valence-corrected chi connectivity index (χ4v) is 4.18. The van der Waals surface area contributed by atoms with Crippen LogP contribution in [0.1, 0.15) is 36.8 Å². The van der Waals surface area contributed by atoms with Crippen molar-refractivity contribution in [3.63, 3.8) is 0 Å². The number of phenols is 1. The Kier molecular flexibility index (Phi) is 4.41. The molecule has 0 aliphatic heterocycles. The van der Waals surface area contributed by atoms with Gasteiger partial charge < -0.3 is 9.67 Å². The molecule has 0 bridgehead atoms. The largest absolute Gasteiger partial charge is 0.507 e. The van der Waals surface area contributed by atoms with Gasteiger partial charge in [-0.3, -0.25) is 4.79 Å². The molecule has 0 atom stereocenters. The van der Waals surface area contributed by atoms with Crippen molar-refractivity contribution < 1.29 is 9.90 Å². The molecule has 130 valence electrons. The van der Waals surface area contributed by atoms with Crippen LogP contribution in [0.25, 0.3) is 21.7 Å². The number of aromatic nitrogens is 1. The minimum Gasteiger partial charge on any atom is -0.507 e. The number of allylic oxidation sites excluding steroid dienone is 1. The highest BCUT2D eigenvalue weighted by molar-refractivity contribution is 8.15. The fraction of sp³-hybridized carbons (Fsp3) is 0.286. The SMILES string of the molecule is C=CCn1c(C)c(C(=O)SC(C)(C)C)c2cc(O)c3ccccc3c21. The molecule has 4 heteroatoms. The minimum absolute atomic E-state index is 0.0347. The second-order valence-corrected chi connectivity index (χ2v) is 9.00. The first-order chi connectivity index (χ1) is 11.7. The Hall–Kier alpha value is -2.20. The zero-order chi connectivity index (χ0) is 18.4. The van der Waals surface area contributed by atoms with Gasteiger partial charge >= 0.3 is 0 Å². The summed E-state index contributed by atoms with van der Waals surface area (Å²) in [5.41, 5.74) is 2.56. The van der Waals surface area contributed by atoms with Crippen LogP contribution in [0.3, 0.4) is 0 Å². The van der Waals surface area contributed by atoms with Crippen molar-refractivity contribution in [3.8, 4) is 5.75 Å². The lowest BCUT2D eigenvalue weighted by Gasteiger charge is -2.16. The molecule has 1 aromatic heterocycles. The molecule has 25 heavy (non-hydrogen) atoms. The number of rotatable bonds is 3. The van der Waals surface area contributed by atoms with Crippen LogP contribution in [0.5, 0.6) is 5.75 Å². The summed E-state index contributed by atoms with van der Waals surface area (Å²) in [7, 11) is 0. The molecule has 0 fully saturated rings. The molecule has 0 unspecified atom stereocenters. The summed E-state index contributed by atoms with van der Waals surface area (Å²) in [5, 5.41) is 13.1. The van der Waals surface area contributed by atoms with E-state index in [0.717, 1.165) is 27.4 Å². The monoisotopic (exact) mass is 353 g/mol. The van der Waals surface area contributed by atoms with Crippen LogP contribution in [0.4, 0.5) is 0 Å². The quantitative estimate of drug-likeness (QED) is 0.617. The second kappa shape index (κ2) is 6.26. The Morgan fingerprint density at radius 1 is 1.24 bits per heavy atom. The van der Waals surface area contributed by atoms with Gasteiger partial charge in [0, 0.05) is 33.1 Å². The maximum absolute atomic E-state index is 13.0. The van der Waals surface area contributed by atoms with Gasteiger partial charge in [0.05, 0.1) is 11.1 Å². The molecule has 0 aliphatic carbocycles. The molecule has 2 aromatic carbocycles. The predicted molar refractivity (Wildman–Crippen MR) is 108 cm³/mol. The van der Waals surface area contributed by atoms with E-state index in [1.807, 2.05) is 58.0 Å². The molecule has 3 rings (SSSR count). The minimum atomic E-state index is -0.171. The number of aromatic hydroxyl groups is 1. The molecule has 0 aliphatic rings. The Morgan fingerprint density at radius 3 is 2.48 bits per heavy atom. The third kappa shape index (κ3) is 3.07. The number of benzene rings is 2. The summed E-state index contributed by atoms with van der Waals surface area (Å²) in [4.78, 5) is 13.0. The van der Waals surface area contributed by atoms with Crippen LogP contribution < -0.4 is 0 Å². The highest BCUT2D eigenvalue weighted by Crippen LogP contribution is 2.40. The van der Waals surface area contributed by atoms with Crippen molar-refractivity contribution in [2.45, 2.75) is 39.0 Å². The van der Waals surface area contributed by atoms with E-state index in [9.17, 15) is 9.90 Å². The van der Waals surface area contributed by atoms with Crippen LogP contribution in [0.2, 0.25) is 0 Å². The lowest BCUT2D eigenvalue weighted by molar-refractivity contribution is 0.108. The average Bonchev–Trinajstić information content (AvgIpc) is 2.79. The standard InChI is InChI=1S/C21H23NO2S/c1-6-11-22-13(2)18(20(24)25-21(3,4)5)16-12-17(23)14-9-7-8-10-15(14)19(16)22/h6-10,12,23H,1,11H2,2-5H3. The third-order valence-corrected chi connectivity index (χ3v) is 5.22. The molecule has 1 heterocycles. The molecule has 1 N–H and O–H groups in total. The van der Waals surface area contributed by atoms with Crippen molar-refractivity contribution in [3.05, 3.63) is 54.2 Å². The van der Waals surface area contributed by atoms with Crippen molar-refractivity contribution in [2.75, 3.05) is 0 Å². The maximum atomic E-state index is 13.0. The van der Waals surface area contributed by atoms with E-state index in [1.165, 1.54) is 11.8 Å². The number of fused-ring (bicyclic) bond motifs is 3. The number of hydrogen-bond donors (Lipinski definition) is 1. The van der Waals surface area contributed by atoms with Crippen molar-refractivity contribution in [2.24, 2.45) is 0 Å². The molecule has 3 aromatic rings. The van der Waals surface area contributed by atoms with E-state index in [1.54, 1.807) is 6.07 Å². The zero-order valence-corrected chi connectivity index (χ0v) is 15.9. The molecule has 0 saturated carbocycles. The lowest BCUT2D eigenvalue weighted by atomic mass is 10.0. The second-order valence-electron chi connectivity index (χ2n) is 7.20. The molecule has 0 saturated heterocycles. The molecule has 0 spiro atoms. The van der Waals surface area contributed by atoms with Crippen LogP contribution in [0.15, 0.2) is 43.0 Å². The maximum Gasteiger partial charge on any atom is 0.222 e. The van der Waals surface area contributed by atoms with Gasteiger partial charge in [-0.1, -0.05) is 62.9 Å². The normalized spacial score (nSPS) is 12.0. The summed E-state index contributed by atoms with van der Waals surface area (Å²) in [6.45, 7) is 12.5. The van der Waals surface area contributed by atoms with E-state index >= 15 is 0 Å². The first kappa shape index (κ1) is 17.6. The van der Waals surface area contributed by atoms with Gasteiger partial charge in [-0.2, -0.15) is 0 Å². The van der Waals surface area contributed by atoms with Crippen molar-refractivity contribution in [1.29, 1.82) is 0 Å². The summed E-state index contributed by atoms with van der Waals surface area (Å²) < 4.78 is 1.94. The molecular formula is C21H23NO2S. The number of thioether (sulfide) groups is 1. The van der Waals surface area contributed by atoms with Crippen LogP contribution in [0, 0.1) is 6.92 Å². The smallest absolute Gasteiger partial charge is 0.222 e. The molecular weight excluding hydrogens is 330 g/mol. The Morgan fingerprint density at radius 2 is 1.88 bits per heavy atom. The van der Waals surface area contributed by atoms with Gasteiger partial charge in [0.2, 0.25) is 5.12 Å². The first-order valence-corrected chi connectivity index (χ1v) is 9.14. The topological polar surface area (TPSA) is 42.2 Å². The number of carbonyl (C=O) groups excluding carboxylic acids is 1. The zero-order valence-electron chi connectivity index (χ0n) is 15.1. The number of hydrogen-bond acceptors (Lipinski definition) is 3. The Bertz CT molecular complexity index is 993. The number of carbonyl (C=O) groups is 1. The predicted octanol–water partition coefficient (Wildman–Crippen LogP) is 5.67. The van der Waals surface area contributed by atoms with E-state index in [2.05, 4.69) is 11.1 Å². The summed E-state index contributed by atoms with van der Waals surface area (Å²) in [6.07, 6.45) is 1.83. The summed E-state index contributed by atoms with van der Waals surface area (Å²) in [6, 6.07) is 9.47. The number of phenolic OH excluding ortho intramolecular Hbond substituents is 1. The highest BCUT2D eigenvalue weighted by atomic mass is 32.2. The van der Waals surface area contributed by atoms with E-state index in [4.69, 9.17) is 0 Å². The van der Waals surface area contributed by atoms with E-state index in [0.29, 0.717) is 12.1 Å². The van der Waals surface area contributed by atoms with Crippen LogP contribution in [-0.4, -0.2) is 19.5 Å². The Balaban J connectivity index is 2.40. The average molecular weight is 353 g/mol. The van der Waals surface area contributed by atoms with Gasteiger partial charge in [0.25, 0.3) is 0 Å². The van der Waals surface area contributed by atoms with E-state index in [-0.39, 0.29) is 15.6 Å². The van der Waals surface area contributed by atoms with Gasteiger partial charge in [-0.15, -0.1) is 6.58 Å². The summed E-state index contributed by atoms with van der Waals surface area (Å²) in [5.74, 6) is 0.202. The van der Waals surface area contributed by atoms with Crippen LogP contribution in [-0.2, 0) is 6.54 Å². The molecule has 3 nitrogen and oxygen atoms in total. The van der Waals surface area contributed by atoms with E-state index < -0.39 is 0 Å². The van der Waals surface area contributed by atoms with Crippen LogP contribution >= 0.6 is 11.8 Å². The third-order valence-electron chi connectivity index (χ3n) is 4.21. The number of nitrogens with zero attached hydrogens (tertiary/aromatic N) is 1. The van der Waals surface area contributed by atoms with Gasteiger partial charge in [0.1, 0.15) is 5.75 Å². The molecule has 0 amide bonds. The highest BCUT2D eigenvalue weighted by Gasteiger charge is 2.26. The van der Waals surface area contributed by atoms with Gasteiger partial charge in [-0.25, -0.2) is 0 Å². The van der Waals surface area contributed by atoms with Crippen molar-refractivity contribution >= 4 is 38.6 Å². The lowest BCUT2D eigenvalue weighted by Crippen LogP contribution is -2.12. The first-order valence-electron chi connectivity index (χ1n) is 8.32. The fourth-order valence-electron chi connectivity index (χ4n) is 3.26. The van der Waals surface area contributed by atoms with Crippen molar-refractivity contribution in [1.82, 2.24) is 4.57 Å². The van der Waals surface area contributed by atoms with Gasteiger partial charge in [0.15, 0.2) is 0 Å². The summed E-state index contributed by atoms with van der Waals surface area (Å²) >= 11 is 1.32. The molecule has 0 radical (unpaired) electrons. The Labute approximate surface area is 152 Å².